The van der Waals surface area contributed by atoms with Crippen molar-refractivity contribution in [3.63, 3.8) is 0 Å². The van der Waals surface area contributed by atoms with E-state index in [1.54, 1.807) is 0 Å². The Bertz CT molecular complexity index is 422. The summed E-state index contributed by atoms with van der Waals surface area (Å²) in [6, 6.07) is 4.98. The lowest BCUT2D eigenvalue weighted by atomic mass is 9.84. The Morgan fingerprint density at radius 2 is 2.29 bits per heavy atom. The summed E-state index contributed by atoms with van der Waals surface area (Å²) in [5.41, 5.74) is 1.27. The number of rotatable bonds is 5. The van der Waals surface area contributed by atoms with Gasteiger partial charge in [0.2, 0.25) is 0 Å². The van der Waals surface area contributed by atoms with Gasteiger partial charge in [-0.3, -0.25) is 4.98 Å². The molecule has 0 aliphatic carbocycles. The van der Waals surface area contributed by atoms with Crippen molar-refractivity contribution in [2.24, 2.45) is 5.92 Å². The summed E-state index contributed by atoms with van der Waals surface area (Å²) in [5.74, 6) is 0.899. The van der Waals surface area contributed by atoms with Crippen LogP contribution >= 0.6 is 0 Å². The zero-order valence-corrected chi connectivity index (χ0v) is 13.2. The maximum Gasteiger partial charge on any atom is 0.0312 e. The highest BCUT2D eigenvalue weighted by molar-refractivity contribution is 5.07. The van der Waals surface area contributed by atoms with Crippen molar-refractivity contribution in [3.8, 4) is 0 Å². The average molecular weight is 288 g/mol. The van der Waals surface area contributed by atoms with Crippen LogP contribution in [-0.4, -0.2) is 60.6 Å². The van der Waals surface area contributed by atoms with Crippen molar-refractivity contribution >= 4 is 0 Å². The smallest absolute Gasteiger partial charge is 0.0312 e. The van der Waals surface area contributed by atoms with Gasteiger partial charge < -0.3 is 15.1 Å². The topological polar surface area (TPSA) is 31.4 Å². The number of hydrogen-bond donors (Lipinski definition) is 1. The molecule has 3 rings (SSSR count). The summed E-state index contributed by atoms with van der Waals surface area (Å²) < 4.78 is 0. The largest absolute Gasteiger partial charge is 0.311 e. The summed E-state index contributed by atoms with van der Waals surface area (Å²) in [6.45, 7) is 7.03. The first-order valence-electron chi connectivity index (χ1n) is 8.35. The maximum atomic E-state index is 4.15. The summed E-state index contributed by atoms with van der Waals surface area (Å²) in [4.78, 5) is 9.39. The quantitative estimate of drug-likeness (QED) is 0.834. The van der Waals surface area contributed by atoms with E-state index in [-0.39, 0.29) is 0 Å². The minimum atomic E-state index is 0.846. The molecule has 0 spiro atoms. The number of hydrogen-bond acceptors (Lipinski definition) is 4. The minimum absolute atomic E-state index is 0.846. The molecule has 3 heterocycles. The number of aromatic nitrogens is 1. The second kappa shape index (κ2) is 7.34. The van der Waals surface area contributed by atoms with Crippen molar-refractivity contribution in [1.82, 2.24) is 20.1 Å². The first-order chi connectivity index (χ1) is 10.3. The molecule has 4 nitrogen and oxygen atoms in total. The molecule has 1 aromatic rings. The third-order valence-electron chi connectivity index (χ3n) is 5.09. The van der Waals surface area contributed by atoms with Gasteiger partial charge in [0.05, 0.1) is 0 Å². The second-order valence-corrected chi connectivity index (χ2v) is 6.58. The molecular weight excluding hydrogens is 260 g/mol. The van der Waals surface area contributed by atoms with Crippen LogP contribution in [0.25, 0.3) is 0 Å². The lowest BCUT2D eigenvalue weighted by Crippen LogP contribution is -2.53. The van der Waals surface area contributed by atoms with E-state index in [1.807, 2.05) is 18.5 Å². The van der Waals surface area contributed by atoms with E-state index in [9.17, 15) is 0 Å². The third kappa shape index (κ3) is 4.02. The Balaban J connectivity index is 1.37. The van der Waals surface area contributed by atoms with Gasteiger partial charge >= 0.3 is 0 Å². The third-order valence-corrected chi connectivity index (χ3v) is 5.09. The van der Waals surface area contributed by atoms with Crippen LogP contribution in [0.2, 0.25) is 0 Å². The molecule has 2 aliphatic heterocycles. The molecule has 21 heavy (non-hydrogen) atoms. The number of nitrogens with one attached hydrogen (secondary N) is 1. The Morgan fingerprint density at radius 1 is 1.33 bits per heavy atom. The van der Waals surface area contributed by atoms with Gasteiger partial charge in [-0.2, -0.15) is 0 Å². The number of likely N-dealkylation sites (tertiary alicyclic amines) is 2. The molecule has 0 aromatic carbocycles. The highest BCUT2D eigenvalue weighted by Crippen LogP contribution is 2.29. The van der Waals surface area contributed by atoms with Crippen molar-refractivity contribution in [3.05, 3.63) is 30.1 Å². The number of piperidine rings is 2. The van der Waals surface area contributed by atoms with Crippen molar-refractivity contribution < 1.29 is 0 Å². The van der Waals surface area contributed by atoms with Crippen molar-refractivity contribution in [1.29, 1.82) is 0 Å². The number of pyridine rings is 1. The summed E-state index contributed by atoms with van der Waals surface area (Å²) in [6.07, 6.45) is 7.92. The van der Waals surface area contributed by atoms with Crippen LogP contribution in [0.3, 0.4) is 0 Å². The highest BCUT2D eigenvalue weighted by atomic mass is 15.2. The molecule has 1 aromatic heterocycles. The molecule has 0 amide bonds. The SMILES string of the molecule is CN1CCCC2CN(CCNCc3cccnc3)CCC21. The first-order valence-corrected chi connectivity index (χ1v) is 8.35. The average Bonchev–Trinajstić information content (AvgIpc) is 2.53. The molecule has 116 valence electrons. The van der Waals surface area contributed by atoms with Gasteiger partial charge in [-0.15, -0.1) is 0 Å². The van der Waals surface area contributed by atoms with E-state index >= 15 is 0 Å². The molecular formula is C17H28N4. The zero-order valence-electron chi connectivity index (χ0n) is 13.2. The number of nitrogens with zero attached hydrogens (tertiary/aromatic N) is 3. The van der Waals surface area contributed by atoms with Crippen LogP contribution in [0.1, 0.15) is 24.8 Å². The minimum Gasteiger partial charge on any atom is -0.311 e. The lowest BCUT2D eigenvalue weighted by Gasteiger charge is -2.46. The Hall–Kier alpha value is -0.970. The standard InChI is InChI=1S/C17H28N4/c1-20-9-3-5-16-14-21(10-6-17(16)20)11-8-19-13-15-4-2-7-18-12-15/h2,4,7,12,16-17,19H,3,5-6,8-11,13-14H2,1H3. The predicted molar refractivity (Wildman–Crippen MR) is 86.1 cm³/mol. The van der Waals surface area contributed by atoms with Gasteiger partial charge in [0.15, 0.2) is 0 Å². The molecule has 0 radical (unpaired) electrons. The maximum absolute atomic E-state index is 4.15. The van der Waals surface area contributed by atoms with Gasteiger partial charge in [0.1, 0.15) is 0 Å². The Kier molecular flexibility index (Phi) is 5.22. The van der Waals surface area contributed by atoms with Gasteiger partial charge in [0.25, 0.3) is 0 Å². The molecule has 2 unspecified atom stereocenters. The first kappa shape index (κ1) is 14.9. The van der Waals surface area contributed by atoms with E-state index in [4.69, 9.17) is 0 Å². The van der Waals surface area contributed by atoms with Crippen LogP contribution in [-0.2, 0) is 6.54 Å². The molecule has 4 heteroatoms. The highest BCUT2D eigenvalue weighted by Gasteiger charge is 2.33. The van der Waals surface area contributed by atoms with Crippen LogP contribution in [0.15, 0.2) is 24.5 Å². The van der Waals surface area contributed by atoms with Gasteiger partial charge in [-0.25, -0.2) is 0 Å². The summed E-state index contributed by atoms with van der Waals surface area (Å²) in [5, 5.41) is 3.54. The summed E-state index contributed by atoms with van der Waals surface area (Å²) >= 11 is 0. The summed E-state index contributed by atoms with van der Waals surface area (Å²) in [7, 11) is 2.31. The van der Waals surface area contributed by atoms with Crippen LogP contribution in [0.5, 0.6) is 0 Å². The van der Waals surface area contributed by atoms with E-state index < -0.39 is 0 Å². The van der Waals surface area contributed by atoms with E-state index in [1.165, 1.54) is 51.0 Å². The molecule has 2 fully saturated rings. The van der Waals surface area contributed by atoms with E-state index in [0.29, 0.717) is 0 Å². The second-order valence-electron chi connectivity index (χ2n) is 6.58. The molecule has 0 bridgehead atoms. The molecule has 0 saturated carbocycles. The Labute approximate surface area is 128 Å². The molecule has 1 N–H and O–H groups in total. The fourth-order valence-corrected chi connectivity index (χ4v) is 3.90. The van der Waals surface area contributed by atoms with Crippen molar-refractivity contribution in [2.45, 2.75) is 31.8 Å². The van der Waals surface area contributed by atoms with Crippen molar-refractivity contribution in [2.75, 3.05) is 39.8 Å². The molecule has 2 atom stereocenters. The van der Waals surface area contributed by atoms with E-state index in [0.717, 1.165) is 25.0 Å². The van der Waals surface area contributed by atoms with E-state index in [2.05, 4.69) is 33.2 Å². The fourth-order valence-electron chi connectivity index (χ4n) is 3.90. The van der Waals surface area contributed by atoms with Crippen LogP contribution in [0.4, 0.5) is 0 Å². The van der Waals surface area contributed by atoms with Gasteiger partial charge in [-0.05, 0) is 56.9 Å². The molecule has 2 aliphatic rings. The van der Waals surface area contributed by atoms with Gasteiger partial charge in [-0.1, -0.05) is 6.07 Å². The van der Waals surface area contributed by atoms with Gasteiger partial charge in [0, 0.05) is 44.6 Å². The number of fused-ring (bicyclic) bond motifs is 1. The zero-order chi connectivity index (χ0) is 14.5. The normalized spacial score (nSPS) is 27.5. The fraction of sp³-hybridized carbons (Fsp3) is 0.706. The monoisotopic (exact) mass is 288 g/mol. The molecule has 2 saturated heterocycles. The van der Waals surface area contributed by atoms with Crippen LogP contribution in [0, 0.1) is 5.92 Å². The predicted octanol–water partition coefficient (Wildman–Crippen LogP) is 1.59. The Morgan fingerprint density at radius 3 is 3.14 bits per heavy atom. The van der Waals surface area contributed by atoms with Crippen LogP contribution < -0.4 is 5.32 Å². The lowest BCUT2D eigenvalue weighted by molar-refractivity contribution is 0.0391.